The van der Waals surface area contributed by atoms with Crippen LogP contribution in [0.1, 0.15) is 23.7 Å². The summed E-state index contributed by atoms with van der Waals surface area (Å²) in [5, 5.41) is 2.38. The van der Waals surface area contributed by atoms with Crippen molar-refractivity contribution in [2.24, 2.45) is 4.40 Å². The van der Waals surface area contributed by atoms with E-state index >= 15 is 0 Å². The smallest absolute Gasteiger partial charge is 0.339 e. The molecule has 0 unspecified atom stereocenters. The van der Waals surface area contributed by atoms with Crippen LogP contribution in [0.15, 0.2) is 76.2 Å². The Labute approximate surface area is 214 Å². The third-order valence-corrected chi connectivity index (χ3v) is 6.66. The quantitative estimate of drug-likeness (QED) is 0.388. The van der Waals surface area contributed by atoms with Crippen molar-refractivity contribution in [3.8, 4) is 0 Å². The van der Waals surface area contributed by atoms with Crippen molar-refractivity contribution in [3.63, 3.8) is 0 Å². The molecule has 0 saturated heterocycles. The number of aromatic nitrogens is 1. The highest BCUT2D eigenvalue weighted by molar-refractivity contribution is 7.95. The summed E-state index contributed by atoms with van der Waals surface area (Å²) < 4.78 is 161. The van der Waals surface area contributed by atoms with Gasteiger partial charge in [-0.2, -0.15) is 47.9 Å². The first-order chi connectivity index (χ1) is 17.7. The predicted octanol–water partition coefficient (Wildman–Crippen LogP) is 7.09. The Hall–Kier alpha value is -3.69. The molecule has 2 heterocycles. The maximum Gasteiger partial charge on any atom is 0.435 e. The minimum absolute atomic E-state index is 0.199. The highest BCUT2D eigenvalue weighted by Crippen LogP contribution is 2.53. The van der Waals surface area contributed by atoms with Crippen LogP contribution in [0.3, 0.4) is 0 Å². The van der Waals surface area contributed by atoms with Gasteiger partial charge in [-0.05, 0) is 42.8 Å². The lowest BCUT2D eigenvalue weighted by Gasteiger charge is -2.30. The number of benzene rings is 1. The van der Waals surface area contributed by atoms with E-state index in [1.165, 1.54) is 13.0 Å². The maximum absolute atomic E-state index is 14.2. The number of hydrogen-bond donors (Lipinski definition) is 1. The van der Waals surface area contributed by atoms with Crippen molar-refractivity contribution >= 4 is 27.1 Å². The van der Waals surface area contributed by atoms with E-state index in [1.54, 1.807) is 0 Å². The molecule has 16 heteroatoms. The minimum Gasteiger partial charge on any atom is -0.339 e. The van der Waals surface area contributed by atoms with Crippen molar-refractivity contribution < 1.29 is 52.3 Å². The molecule has 0 bridgehead atoms. The van der Waals surface area contributed by atoms with Crippen molar-refractivity contribution in [2.75, 3.05) is 5.32 Å². The lowest BCUT2D eigenvalue weighted by Crippen LogP contribution is -2.50. The first-order valence-electron chi connectivity index (χ1n) is 10.4. The molecule has 5 nitrogen and oxygen atoms in total. The van der Waals surface area contributed by atoms with E-state index in [1.807, 2.05) is 0 Å². The number of pyridine rings is 1. The summed E-state index contributed by atoms with van der Waals surface area (Å²) in [7, 11) is -4.55. The largest absolute Gasteiger partial charge is 0.435 e. The summed E-state index contributed by atoms with van der Waals surface area (Å²) in [4.78, 5) is 3.01. The van der Waals surface area contributed by atoms with Crippen LogP contribution in [0.25, 0.3) is 5.57 Å². The molecule has 1 aliphatic rings. The molecular weight excluding hydrogens is 572 g/mol. The molecule has 1 aliphatic heterocycles. The zero-order chi connectivity index (χ0) is 29.6. The first kappa shape index (κ1) is 29.9. The molecule has 0 aliphatic carbocycles. The van der Waals surface area contributed by atoms with Crippen LogP contribution in [0.2, 0.25) is 0 Å². The molecule has 3 rings (SSSR count). The summed E-state index contributed by atoms with van der Waals surface area (Å²) in [6.07, 6.45) is -14.5. The van der Waals surface area contributed by atoms with Gasteiger partial charge in [0.25, 0.3) is 10.0 Å². The van der Waals surface area contributed by atoms with Crippen LogP contribution >= 0.6 is 0 Å². The van der Waals surface area contributed by atoms with Gasteiger partial charge in [-0.1, -0.05) is 24.8 Å². The lowest BCUT2D eigenvalue weighted by atomic mass is 9.94. The van der Waals surface area contributed by atoms with Gasteiger partial charge in [0.1, 0.15) is 4.91 Å². The second-order valence-corrected chi connectivity index (χ2v) is 9.48. The van der Waals surface area contributed by atoms with Gasteiger partial charge < -0.3 is 5.32 Å². The number of anilines is 1. The third-order valence-electron chi connectivity index (χ3n) is 5.35. The fourth-order valence-electron chi connectivity index (χ4n) is 3.52. The number of sulfonamides is 1. The molecule has 2 aromatic rings. The molecular formula is C23H15F10N3O2S. The average Bonchev–Trinajstić information content (AvgIpc) is 3.05. The Balaban J connectivity index is 1.96. The number of alkyl halides is 10. The Kier molecular flexibility index (Phi) is 7.51. The zero-order valence-electron chi connectivity index (χ0n) is 19.3. The zero-order valence-corrected chi connectivity index (χ0v) is 20.1. The fourth-order valence-corrected chi connectivity index (χ4v) is 4.79. The van der Waals surface area contributed by atoms with Gasteiger partial charge in [-0.3, -0.25) is 4.98 Å². The molecule has 0 radical (unpaired) electrons. The molecule has 0 saturated carbocycles. The van der Waals surface area contributed by atoms with Crippen molar-refractivity contribution in [1.82, 2.24) is 4.98 Å². The summed E-state index contributed by atoms with van der Waals surface area (Å²) >= 11 is 0. The lowest BCUT2D eigenvalue weighted by molar-refractivity contribution is -0.348. The van der Waals surface area contributed by atoms with Gasteiger partial charge in [-0.15, -0.1) is 4.40 Å². The van der Waals surface area contributed by atoms with Crippen molar-refractivity contribution in [1.29, 1.82) is 0 Å². The molecule has 0 spiro atoms. The van der Waals surface area contributed by atoms with E-state index in [4.69, 9.17) is 0 Å². The molecule has 1 N–H and O–H groups in total. The van der Waals surface area contributed by atoms with E-state index in [9.17, 15) is 52.3 Å². The summed E-state index contributed by atoms with van der Waals surface area (Å²) in [6.45, 7) is 4.79. The summed E-state index contributed by atoms with van der Waals surface area (Å²) in [5.41, 5.74) is -10.2. The summed E-state index contributed by atoms with van der Waals surface area (Å²) in [6, 6.07) is 3.41. The Bertz CT molecular complexity index is 1470. The van der Waals surface area contributed by atoms with E-state index < -0.39 is 67.4 Å². The standard InChI is InChI=1S/C23H15F10N3O2S/c1-3-15-17(11-12(2)18-16(21(25,26)27)5-4-10-34-18)39(37,38)36-19(15)35-14-8-6-13(7-9-14)20(24,22(28,29)30)23(31,32)33/h3-11H,2H2,1H3,(H,35,36)/b15-3+,17-11?. The minimum atomic E-state index is -6.33. The number of allylic oxidation sites excluding steroid dienone is 3. The Morgan fingerprint density at radius 1 is 0.923 bits per heavy atom. The van der Waals surface area contributed by atoms with Gasteiger partial charge in [0.15, 0.2) is 5.84 Å². The van der Waals surface area contributed by atoms with E-state index in [-0.39, 0.29) is 23.4 Å². The molecule has 0 amide bonds. The first-order valence-corrected chi connectivity index (χ1v) is 11.8. The van der Waals surface area contributed by atoms with Crippen LogP contribution in [-0.2, 0) is 21.9 Å². The van der Waals surface area contributed by atoms with Gasteiger partial charge >= 0.3 is 24.2 Å². The Morgan fingerprint density at radius 2 is 1.49 bits per heavy atom. The number of nitrogens with one attached hydrogen (secondary N) is 1. The number of rotatable bonds is 4. The normalized spacial score (nSPS) is 18.4. The summed E-state index contributed by atoms with van der Waals surface area (Å²) in [5.74, 6) is -0.459. The molecule has 1 aromatic heterocycles. The highest BCUT2D eigenvalue weighted by Gasteiger charge is 2.73. The molecule has 1 aromatic carbocycles. The molecule has 0 atom stereocenters. The predicted molar refractivity (Wildman–Crippen MR) is 121 cm³/mol. The van der Waals surface area contributed by atoms with Crippen LogP contribution < -0.4 is 5.32 Å². The number of halogens is 10. The number of hydrogen-bond acceptors (Lipinski definition) is 4. The van der Waals surface area contributed by atoms with Crippen LogP contribution in [0.5, 0.6) is 0 Å². The van der Waals surface area contributed by atoms with Crippen LogP contribution in [0, 0.1) is 0 Å². The van der Waals surface area contributed by atoms with Gasteiger partial charge in [-0.25, -0.2) is 4.39 Å². The van der Waals surface area contributed by atoms with Crippen LogP contribution in [-0.4, -0.2) is 31.6 Å². The number of amidine groups is 1. The average molecular weight is 587 g/mol. The topological polar surface area (TPSA) is 71.4 Å². The SMILES string of the molecule is C=C(C=C1/C(=C\C)C(Nc2ccc(C(F)(C(F)(F)F)C(F)(F)F)cc2)=NS1(=O)=O)c1ncccc1C(F)(F)F. The maximum atomic E-state index is 14.2. The third kappa shape index (κ3) is 5.55. The highest BCUT2D eigenvalue weighted by atomic mass is 32.2. The second-order valence-electron chi connectivity index (χ2n) is 7.90. The van der Waals surface area contributed by atoms with Gasteiger partial charge in [0, 0.05) is 23.0 Å². The Morgan fingerprint density at radius 3 is 1.97 bits per heavy atom. The molecule has 210 valence electrons. The molecule has 0 fully saturated rings. The molecule has 39 heavy (non-hydrogen) atoms. The van der Waals surface area contributed by atoms with E-state index in [2.05, 4.69) is 21.3 Å². The monoisotopic (exact) mass is 587 g/mol. The fraction of sp³-hybridized carbons (Fsp3) is 0.217. The van der Waals surface area contributed by atoms with Crippen molar-refractivity contribution in [3.05, 3.63) is 88.6 Å². The van der Waals surface area contributed by atoms with Gasteiger partial charge in [0.2, 0.25) is 0 Å². The van der Waals surface area contributed by atoms with Crippen LogP contribution in [0.4, 0.5) is 49.6 Å². The number of nitrogens with zero attached hydrogens (tertiary/aromatic N) is 2. The van der Waals surface area contributed by atoms with Gasteiger partial charge in [0.05, 0.1) is 11.3 Å². The van der Waals surface area contributed by atoms with E-state index in [0.29, 0.717) is 18.2 Å². The van der Waals surface area contributed by atoms with E-state index in [0.717, 1.165) is 18.3 Å². The van der Waals surface area contributed by atoms with Crippen molar-refractivity contribution in [2.45, 2.75) is 31.1 Å². The second kappa shape index (κ2) is 9.81.